The summed E-state index contributed by atoms with van der Waals surface area (Å²) in [5, 5.41) is 23.8. The molecule has 0 unspecified atom stereocenters. The predicted molar refractivity (Wildman–Crippen MR) is 81.8 cm³/mol. The molecular weight excluding hydrogens is 300 g/mol. The standard InChI is InChI=1S/C16H12N2O5/c19-13-6-9(16(22)23)2-4-12(13)18-15(21)8-1-3-11-10(5-8)7-14(20)17-11/h1-6,19H,7H2,(H,17,20)(H,18,21)(H,22,23). The molecule has 0 aliphatic carbocycles. The SMILES string of the molecule is O=C1Cc2cc(C(=O)Nc3ccc(C(=O)O)cc3O)ccc2N1. The van der Waals surface area contributed by atoms with Gasteiger partial charge in [0.25, 0.3) is 5.91 Å². The molecule has 0 spiro atoms. The van der Waals surface area contributed by atoms with E-state index in [1.165, 1.54) is 12.1 Å². The molecular formula is C16H12N2O5. The molecule has 23 heavy (non-hydrogen) atoms. The van der Waals surface area contributed by atoms with Crippen molar-refractivity contribution in [2.75, 3.05) is 10.6 Å². The van der Waals surface area contributed by atoms with E-state index in [4.69, 9.17) is 5.11 Å². The molecule has 7 heteroatoms. The molecule has 0 atom stereocenters. The lowest BCUT2D eigenvalue weighted by molar-refractivity contribution is -0.115. The van der Waals surface area contributed by atoms with E-state index < -0.39 is 11.9 Å². The molecule has 1 aliphatic heterocycles. The largest absolute Gasteiger partial charge is 0.506 e. The van der Waals surface area contributed by atoms with Crippen molar-refractivity contribution in [3.8, 4) is 5.75 Å². The Kier molecular flexibility index (Phi) is 3.46. The van der Waals surface area contributed by atoms with E-state index in [0.717, 1.165) is 11.6 Å². The smallest absolute Gasteiger partial charge is 0.335 e. The van der Waals surface area contributed by atoms with Gasteiger partial charge in [0.2, 0.25) is 5.91 Å². The number of phenols is 1. The molecule has 4 N–H and O–H groups in total. The monoisotopic (exact) mass is 312 g/mol. The van der Waals surface area contributed by atoms with Crippen molar-refractivity contribution in [3.63, 3.8) is 0 Å². The van der Waals surface area contributed by atoms with Crippen molar-refractivity contribution in [1.29, 1.82) is 0 Å². The minimum Gasteiger partial charge on any atom is -0.506 e. The molecule has 0 bridgehead atoms. The van der Waals surface area contributed by atoms with Gasteiger partial charge in [-0.3, -0.25) is 9.59 Å². The number of hydrogen-bond donors (Lipinski definition) is 4. The maximum Gasteiger partial charge on any atom is 0.335 e. The number of anilines is 2. The van der Waals surface area contributed by atoms with Gasteiger partial charge in [-0.15, -0.1) is 0 Å². The Morgan fingerprint density at radius 1 is 1.09 bits per heavy atom. The summed E-state index contributed by atoms with van der Waals surface area (Å²) in [5.41, 5.74) is 1.77. The number of aromatic carboxylic acids is 1. The zero-order valence-electron chi connectivity index (χ0n) is 11.8. The van der Waals surface area contributed by atoms with Gasteiger partial charge in [-0.25, -0.2) is 4.79 Å². The molecule has 1 aliphatic rings. The molecule has 116 valence electrons. The summed E-state index contributed by atoms with van der Waals surface area (Å²) in [4.78, 5) is 34.3. The highest BCUT2D eigenvalue weighted by Gasteiger charge is 2.19. The van der Waals surface area contributed by atoms with Gasteiger partial charge in [-0.1, -0.05) is 0 Å². The Morgan fingerprint density at radius 2 is 1.83 bits per heavy atom. The molecule has 0 fully saturated rings. The first-order chi connectivity index (χ1) is 10.9. The number of aromatic hydroxyl groups is 1. The van der Waals surface area contributed by atoms with Crippen molar-refractivity contribution in [2.24, 2.45) is 0 Å². The Bertz CT molecular complexity index is 844. The number of hydrogen-bond acceptors (Lipinski definition) is 4. The van der Waals surface area contributed by atoms with E-state index in [9.17, 15) is 19.5 Å². The van der Waals surface area contributed by atoms with Crippen LogP contribution in [0.25, 0.3) is 0 Å². The average molecular weight is 312 g/mol. The van der Waals surface area contributed by atoms with Crippen molar-refractivity contribution in [1.82, 2.24) is 0 Å². The minimum absolute atomic E-state index is 0.0809. The van der Waals surface area contributed by atoms with Crippen LogP contribution in [0.2, 0.25) is 0 Å². The fraction of sp³-hybridized carbons (Fsp3) is 0.0625. The summed E-state index contributed by atoms with van der Waals surface area (Å²) in [7, 11) is 0. The van der Waals surface area contributed by atoms with Gasteiger partial charge in [0.05, 0.1) is 17.7 Å². The summed E-state index contributed by atoms with van der Waals surface area (Å²) in [6, 6.07) is 8.46. The van der Waals surface area contributed by atoms with Crippen molar-refractivity contribution < 1.29 is 24.6 Å². The lowest BCUT2D eigenvalue weighted by Gasteiger charge is -2.09. The van der Waals surface area contributed by atoms with Crippen LogP contribution in [-0.2, 0) is 11.2 Å². The number of fused-ring (bicyclic) bond motifs is 1. The highest BCUT2D eigenvalue weighted by atomic mass is 16.4. The third kappa shape index (κ3) is 2.84. The van der Waals surface area contributed by atoms with E-state index in [0.29, 0.717) is 11.3 Å². The summed E-state index contributed by atoms with van der Waals surface area (Å²) in [6.45, 7) is 0. The quantitative estimate of drug-likeness (QED) is 0.645. The molecule has 0 radical (unpaired) electrons. The van der Waals surface area contributed by atoms with Crippen LogP contribution < -0.4 is 10.6 Å². The van der Waals surface area contributed by atoms with Crippen LogP contribution in [0.4, 0.5) is 11.4 Å². The number of carbonyl (C=O) groups is 3. The van der Waals surface area contributed by atoms with Gasteiger partial charge in [-0.2, -0.15) is 0 Å². The van der Waals surface area contributed by atoms with Gasteiger partial charge in [0, 0.05) is 11.3 Å². The summed E-state index contributed by atoms with van der Waals surface area (Å²) in [5.74, 6) is -2.10. The predicted octanol–water partition coefficient (Wildman–Crippen LogP) is 1.84. The van der Waals surface area contributed by atoms with E-state index in [2.05, 4.69) is 10.6 Å². The van der Waals surface area contributed by atoms with Crippen molar-refractivity contribution >= 4 is 29.2 Å². The van der Waals surface area contributed by atoms with Gasteiger partial charge in [-0.05, 0) is 42.0 Å². The van der Waals surface area contributed by atoms with Gasteiger partial charge >= 0.3 is 5.97 Å². The first-order valence-corrected chi connectivity index (χ1v) is 6.74. The number of nitrogens with one attached hydrogen (secondary N) is 2. The first kappa shape index (κ1) is 14.6. The van der Waals surface area contributed by atoms with Gasteiger partial charge in [0.1, 0.15) is 5.75 Å². The Labute approximate surface area is 130 Å². The van der Waals surface area contributed by atoms with E-state index >= 15 is 0 Å². The average Bonchev–Trinajstić information content (AvgIpc) is 2.88. The molecule has 0 saturated heterocycles. The van der Waals surface area contributed by atoms with E-state index in [1.54, 1.807) is 18.2 Å². The maximum absolute atomic E-state index is 12.2. The second-order valence-electron chi connectivity index (χ2n) is 5.09. The van der Waals surface area contributed by atoms with Crippen molar-refractivity contribution in [2.45, 2.75) is 6.42 Å². The summed E-state index contributed by atoms with van der Waals surface area (Å²) < 4.78 is 0. The second kappa shape index (κ2) is 5.45. The van der Waals surface area contributed by atoms with Crippen LogP contribution in [0, 0.1) is 0 Å². The fourth-order valence-electron chi connectivity index (χ4n) is 2.34. The van der Waals surface area contributed by atoms with Crippen LogP contribution in [-0.4, -0.2) is 28.0 Å². The molecule has 7 nitrogen and oxygen atoms in total. The van der Waals surface area contributed by atoms with E-state index in [-0.39, 0.29) is 29.3 Å². The number of rotatable bonds is 3. The number of carbonyl (C=O) groups excluding carboxylic acids is 2. The Morgan fingerprint density at radius 3 is 2.52 bits per heavy atom. The van der Waals surface area contributed by atoms with Crippen LogP contribution in [0.3, 0.4) is 0 Å². The number of benzene rings is 2. The molecule has 2 amide bonds. The minimum atomic E-state index is -1.17. The molecule has 1 heterocycles. The van der Waals surface area contributed by atoms with Crippen LogP contribution >= 0.6 is 0 Å². The summed E-state index contributed by atoms with van der Waals surface area (Å²) >= 11 is 0. The normalized spacial score (nSPS) is 12.4. The van der Waals surface area contributed by atoms with E-state index in [1.807, 2.05) is 0 Å². The number of amides is 2. The zero-order chi connectivity index (χ0) is 16.6. The molecule has 3 rings (SSSR count). The second-order valence-corrected chi connectivity index (χ2v) is 5.09. The number of phenolic OH excluding ortho intramolecular Hbond substituents is 1. The fourth-order valence-corrected chi connectivity index (χ4v) is 2.34. The van der Waals surface area contributed by atoms with Gasteiger partial charge in [0.15, 0.2) is 0 Å². The van der Waals surface area contributed by atoms with Crippen LogP contribution in [0.15, 0.2) is 36.4 Å². The first-order valence-electron chi connectivity index (χ1n) is 6.74. The summed E-state index contributed by atoms with van der Waals surface area (Å²) in [6.07, 6.45) is 0.217. The van der Waals surface area contributed by atoms with Crippen LogP contribution in [0.5, 0.6) is 5.75 Å². The highest BCUT2D eigenvalue weighted by Crippen LogP contribution is 2.27. The van der Waals surface area contributed by atoms with Crippen LogP contribution in [0.1, 0.15) is 26.3 Å². The maximum atomic E-state index is 12.2. The van der Waals surface area contributed by atoms with Crippen molar-refractivity contribution in [3.05, 3.63) is 53.1 Å². The third-order valence-electron chi connectivity index (χ3n) is 3.49. The molecule has 2 aromatic rings. The number of carboxylic acid groups (broad SMARTS) is 1. The van der Waals surface area contributed by atoms with Gasteiger partial charge < -0.3 is 20.8 Å². The molecule has 0 saturated carbocycles. The third-order valence-corrected chi connectivity index (χ3v) is 3.49. The number of carboxylic acids is 1. The lowest BCUT2D eigenvalue weighted by atomic mass is 10.1. The molecule has 0 aromatic heterocycles. The highest BCUT2D eigenvalue weighted by molar-refractivity contribution is 6.07. The Balaban J connectivity index is 1.81. The topological polar surface area (TPSA) is 116 Å². The lowest BCUT2D eigenvalue weighted by Crippen LogP contribution is -2.12. The zero-order valence-corrected chi connectivity index (χ0v) is 11.8. The Hall–Kier alpha value is -3.35. The molecule has 2 aromatic carbocycles.